The van der Waals surface area contributed by atoms with E-state index in [-0.39, 0.29) is 61.9 Å². The highest BCUT2D eigenvalue weighted by molar-refractivity contribution is 7.13. The van der Waals surface area contributed by atoms with E-state index in [1.807, 2.05) is 57.5 Å². The third-order valence-corrected chi connectivity index (χ3v) is 7.55. The Kier molecular flexibility index (Phi) is 13.8. The second-order valence-corrected chi connectivity index (χ2v) is 11.5. The maximum absolute atomic E-state index is 13.6. The number of thiazole rings is 1. The molecule has 1 aliphatic rings. The summed E-state index contributed by atoms with van der Waals surface area (Å²) in [6.07, 6.45) is 1.01. The number of likely N-dealkylation sites (tertiary alicyclic amines) is 1. The molecule has 2 aromatic rings. The Bertz CT molecular complexity index is 1090. The van der Waals surface area contributed by atoms with Crippen LogP contribution in [0.1, 0.15) is 57.7 Å². The van der Waals surface area contributed by atoms with E-state index in [0.29, 0.717) is 19.5 Å². The quantitative estimate of drug-likeness (QED) is 0.309. The summed E-state index contributed by atoms with van der Waals surface area (Å²) in [5, 5.41) is 16.1. The molecule has 3 atom stereocenters. The van der Waals surface area contributed by atoms with Crippen LogP contribution in [0.2, 0.25) is 0 Å². The fourth-order valence-electron chi connectivity index (χ4n) is 4.44. The van der Waals surface area contributed by atoms with Crippen molar-refractivity contribution < 1.29 is 19.5 Å². The lowest BCUT2D eigenvalue weighted by atomic mass is 9.85. The van der Waals surface area contributed by atoms with Gasteiger partial charge in [0.05, 0.1) is 22.2 Å². The average Bonchev–Trinajstić information content (AvgIpc) is 3.46. The van der Waals surface area contributed by atoms with Crippen LogP contribution in [0.5, 0.6) is 0 Å². The zero-order valence-corrected chi connectivity index (χ0v) is 25.4. The van der Waals surface area contributed by atoms with Gasteiger partial charge >= 0.3 is 0 Å². The number of unbranched alkanes of at least 4 members (excludes halogenated alkanes) is 1. The summed E-state index contributed by atoms with van der Waals surface area (Å²) in [6, 6.07) is 6.29. The molecule has 0 radical (unpaired) electrons. The van der Waals surface area contributed by atoms with Gasteiger partial charge in [0.15, 0.2) is 0 Å². The van der Waals surface area contributed by atoms with Crippen LogP contribution >= 0.6 is 36.2 Å². The number of nitrogens with one attached hydrogen (secondary N) is 2. The summed E-state index contributed by atoms with van der Waals surface area (Å²) >= 11 is 1.59. The number of hydrogen-bond donors (Lipinski definition) is 4. The summed E-state index contributed by atoms with van der Waals surface area (Å²) in [4.78, 5) is 46.0. The number of hydrogen-bond acceptors (Lipinski definition) is 7. The van der Waals surface area contributed by atoms with E-state index in [2.05, 4.69) is 15.6 Å². The van der Waals surface area contributed by atoms with E-state index >= 15 is 0 Å². The van der Waals surface area contributed by atoms with E-state index < -0.39 is 23.6 Å². The highest BCUT2D eigenvalue weighted by Gasteiger charge is 2.44. The molecule has 3 amide bonds. The number of β-amino-alcohol motifs (C(OH)–C–C–N with tert-alkyl or cyclic N) is 1. The number of rotatable bonds is 10. The maximum Gasteiger partial charge on any atom is 0.246 e. The second kappa shape index (κ2) is 15.5. The predicted octanol–water partition coefficient (Wildman–Crippen LogP) is 3.20. The highest BCUT2D eigenvalue weighted by Crippen LogP contribution is 2.28. The monoisotopic (exact) mass is 601 g/mol. The number of aliphatic hydroxyl groups is 1. The number of carbonyl (C=O) groups excluding carboxylic acids is 3. The van der Waals surface area contributed by atoms with Gasteiger partial charge < -0.3 is 26.4 Å². The number of halogens is 2. The molecule has 9 nitrogen and oxygen atoms in total. The van der Waals surface area contributed by atoms with Crippen molar-refractivity contribution in [1.29, 1.82) is 0 Å². The maximum atomic E-state index is 13.6. The number of carbonyl (C=O) groups is 3. The van der Waals surface area contributed by atoms with E-state index in [0.717, 1.165) is 28.1 Å². The van der Waals surface area contributed by atoms with Gasteiger partial charge in [0.2, 0.25) is 17.7 Å². The van der Waals surface area contributed by atoms with Gasteiger partial charge in [-0.05, 0) is 42.9 Å². The molecule has 218 valence electrons. The molecule has 5 N–H and O–H groups in total. The molecule has 0 unspecified atom stereocenters. The zero-order valence-electron chi connectivity index (χ0n) is 22.9. The van der Waals surface area contributed by atoms with Crippen molar-refractivity contribution in [3.63, 3.8) is 0 Å². The van der Waals surface area contributed by atoms with Crippen molar-refractivity contribution in [1.82, 2.24) is 20.5 Å². The van der Waals surface area contributed by atoms with Gasteiger partial charge in [-0.3, -0.25) is 14.4 Å². The Morgan fingerprint density at radius 3 is 2.41 bits per heavy atom. The van der Waals surface area contributed by atoms with Gasteiger partial charge in [-0.15, -0.1) is 36.2 Å². The van der Waals surface area contributed by atoms with Crippen LogP contribution < -0.4 is 16.4 Å². The summed E-state index contributed by atoms with van der Waals surface area (Å²) in [6.45, 7) is 8.44. The fourth-order valence-corrected chi connectivity index (χ4v) is 5.26. The third-order valence-electron chi connectivity index (χ3n) is 6.57. The first kappa shape index (κ1) is 34.8. The van der Waals surface area contributed by atoms with Gasteiger partial charge in [-0.1, -0.05) is 45.0 Å². The van der Waals surface area contributed by atoms with Crippen LogP contribution in [0.25, 0.3) is 10.4 Å². The van der Waals surface area contributed by atoms with Crippen LogP contribution in [0.3, 0.4) is 0 Å². The highest BCUT2D eigenvalue weighted by atomic mass is 35.5. The number of benzene rings is 1. The molecule has 3 rings (SSSR count). The minimum atomic E-state index is -0.818. The Balaban J connectivity index is 0.00000380. The molecule has 1 fully saturated rings. The molecular weight excluding hydrogens is 561 g/mol. The predicted molar refractivity (Wildman–Crippen MR) is 159 cm³/mol. The number of aromatic nitrogens is 1. The number of aliphatic hydroxyl groups excluding tert-OH is 1. The van der Waals surface area contributed by atoms with Crippen LogP contribution in [-0.4, -0.2) is 64.0 Å². The van der Waals surface area contributed by atoms with Crippen molar-refractivity contribution in [2.45, 2.75) is 78.1 Å². The topological polar surface area (TPSA) is 138 Å². The Morgan fingerprint density at radius 1 is 1.18 bits per heavy atom. The Hall–Kier alpha value is -2.24. The zero-order chi connectivity index (χ0) is 27.2. The van der Waals surface area contributed by atoms with Gasteiger partial charge in [0.25, 0.3) is 0 Å². The summed E-state index contributed by atoms with van der Waals surface area (Å²) < 4.78 is 0. The first-order valence-corrected chi connectivity index (χ1v) is 13.6. The van der Waals surface area contributed by atoms with Crippen LogP contribution in [0.4, 0.5) is 0 Å². The number of nitrogens with zero attached hydrogens (tertiary/aromatic N) is 2. The molecule has 1 aromatic carbocycles. The number of amides is 3. The first-order valence-electron chi connectivity index (χ1n) is 12.8. The summed E-state index contributed by atoms with van der Waals surface area (Å²) in [7, 11) is 0. The lowest BCUT2D eigenvalue weighted by Crippen LogP contribution is -2.57. The van der Waals surface area contributed by atoms with Crippen molar-refractivity contribution in [3.8, 4) is 10.4 Å². The molecule has 1 aromatic heterocycles. The van der Waals surface area contributed by atoms with Crippen molar-refractivity contribution in [2.75, 3.05) is 13.1 Å². The second-order valence-electron chi connectivity index (χ2n) is 10.7. The van der Waals surface area contributed by atoms with E-state index in [4.69, 9.17) is 5.73 Å². The minimum absolute atomic E-state index is 0. The largest absolute Gasteiger partial charge is 0.391 e. The molecule has 12 heteroatoms. The Morgan fingerprint density at radius 2 is 1.85 bits per heavy atom. The molecule has 0 aliphatic carbocycles. The van der Waals surface area contributed by atoms with Crippen molar-refractivity contribution >= 4 is 53.9 Å². The minimum Gasteiger partial charge on any atom is -0.391 e. The van der Waals surface area contributed by atoms with Crippen LogP contribution in [0.15, 0.2) is 29.8 Å². The van der Waals surface area contributed by atoms with Crippen molar-refractivity contribution in [2.24, 2.45) is 11.1 Å². The SMILES string of the molecule is Cc1ncsc1-c1ccc(CNC(=O)[C@@H]2C[C@@H](O)CN2C(=O)[C@@H](NC(=O)CCCCN)C(C)(C)C)cc1.Cl.Cl. The van der Waals surface area contributed by atoms with Crippen LogP contribution in [0, 0.1) is 12.3 Å². The Labute approximate surface area is 247 Å². The molecule has 0 bridgehead atoms. The van der Waals surface area contributed by atoms with E-state index in [9.17, 15) is 19.5 Å². The number of aryl methyl sites for hydroxylation is 1. The molecule has 2 heterocycles. The smallest absolute Gasteiger partial charge is 0.246 e. The average molecular weight is 603 g/mol. The molecule has 0 spiro atoms. The van der Waals surface area contributed by atoms with Crippen LogP contribution in [-0.2, 0) is 20.9 Å². The summed E-state index contributed by atoms with van der Waals surface area (Å²) in [5.41, 5.74) is 9.73. The van der Waals surface area contributed by atoms with Gasteiger partial charge in [-0.25, -0.2) is 4.98 Å². The normalized spacial score (nSPS) is 17.5. The lowest BCUT2D eigenvalue weighted by Gasteiger charge is -2.35. The number of nitrogens with two attached hydrogens (primary N) is 1. The molecule has 0 saturated carbocycles. The van der Waals surface area contributed by atoms with Gasteiger partial charge in [-0.2, -0.15) is 0 Å². The van der Waals surface area contributed by atoms with E-state index in [1.54, 1.807) is 11.3 Å². The lowest BCUT2D eigenvalue weighted by molar-refractivity contribution is -0.144. The van der Waals surface area contributed by atoms with Gasteiger partial charge in [0, 0.05) is 25.9 Å². The first-order chi connectivity index (χ1) is 17.5. The fraction of sp³-hybridized carbons (Fsp3) is 0.556. The molecular formula is C27H41Cl2N5O4S. The molecule has 1 aliphatic heterocycles. The standard InChI is InChI=1S/C27H39N5O4S.2ClH/c1-17-23(37-16-30-17)19-10-8-18(9-11-19)14-29-25(35)21-13-20(33)15-32(21)26(36)24(27(2,3)4)31-22(34)7-5-6-12-28;;/h8-11,16,20-21,24,33H,5-7,12-15,28H2,1-4H3,(H,29,35)(H,31,34);2*1H/t20-,21+,24-;;/m1../s1. The van der Waals surface area contributed by atoms with E-state index in [1.165, 1.54) is 4.90 Å². The van der Waals surface area contributed by atoms with Gasteiger partial charge in [0.1, 0.15) is 12.1 Å². The molecule has 39 heavy (non-hydrogen) atoms. The van der Waals surface area contributed by atoms with Crippen molar-refractivity contribution in [3.05, 3.63) is 41.0 Å². The molecule has 1 saturated heterocycles. The summed E-state index contributed by atoms with van der Waals surface area (Å²) in [5.74, 6) is -0.908. The third kappa shape index (κ3) is 9.42.